The van der Waals surface area contributed by atoms with E-state index in [9.17, 15) is 4.79 Å². The molecule has 0 spiro atoms. The van der Waals surface area contributed by atoms with Gasteiger partial charge in [-0.05, 0) is 109 Å². The SMILES string of the molecule is CCOc1cc(/C=C2/C(=O)/C(=C/c3ccc(OC(C)C)c(OCC)c3)[C@H]3CC[C@H]2N3C)ccc1OC(C)C. The van der Waals surface area contributed by atoms with E-state index in [1.165, 1.54) is 0 Å². The summed E-state index contributed by atoms with van der Waals surface area (Å²) < 4.78 is 23.6. The number of ketones is 1. The maximum absolute atomic E-state index is 13.9. The van der Waals surface area contributed by atoms with Crippen molar-refractivity contribution in [1.82, 2.24) is 4.90 Å². The highest BCUT2D eigenvalue weighted by molar-refractivity contribution is 6.16. The van der Waals surface area contributed by atoms with Crippen molar-refractivity contribution >= 4 is 17.9 Å². The molecule has 0 radical (unpaired) electrons. The lowest BCUT2D eigenvalue weighted by Crippen LogP contribution is -2.43. The number of ether oxygens (including phenoxy) is 4. The Morgan fingerprint density at radius 1 is 0.763 bits per heavy atom. The molecule has 2 atom stereocenters. The number of hydrogen-bond acceptors (Lipinski definition) is 6. The lowest BCUT2D eigenvalue weighted by molar-refractivity contribution is -0.114. The second kappa shape index (κ2) is 12.1. The van der Waals surface area contributed by atoms with E-state index >= 15 is 0 Å². The first-order valence-corrected chi connectivity index (χ1v) is 13.8. The third-order valence-electron chi connectivity index (χ3n) is 6.84. The van der Waals surface area contributed by atoms with Crippen LogP contribution in [0, 0.1) is 0 Å². The van der Waals surface area contributed by atoms with Gasteiger partial charge in [-0.3, -0.25) is 9.69 Å². The van der Waals surface area contributed by atoms with Gasteiger partial charge in [0, 0.05) is 23.2 Å². The molecule has 6 nitrogen and oxygen atoms in total. The molecule has 0 aliphatic carbocycles. The summed E-state index contributed by atoms with van der Waals surface area (Å²) >= 11 is 0. The minimum atomic E-state index is 0.0457. The third-order valence-corrected chi connectivity index (χ3v) is 6.84. The van der Waals surface area contributed by atoms with Crippen LogP contribution >= 0.6 is 0 Å². The minimum absolute atomic E-state index is 0.0457. The Bertz CT molecular complexity index is 1120. The van der Waals surface area contributed by atoms with Crippen molar-refractivity contribution in [1.29, 1.82) is 0 Å². The summed E-state index contributed by atoms with van der Waals surface area (Å²) in [6.07, 6.45) is 6.04. The molecular formula is C32H41NO5. The largest absolute Gasteiger partial charge is 0.490 e. The molecule has 4 rings (SSSR count). The van der Waals surface area contributed by atoms with Crippen LogP contribution in [0.25, 0.3) is 12.2 Å². The van der Waals surface area contributed by atoms with Crippen LogP contribution in [0.2, 0.25) is 0 Å². The van der Waals surface area contributed by atoms with Gasteiger partial charge in [-0.2, -0.15) is 0 Å². The molecule has 0 N–H and O–H groups in total. The number of rotatable bonds is 10. The predicted molar refractivity (Wildman–Crippen MR) is 152 cm³/mol. The number of likely N-dealkylation sites (N-methyl/N-ethyl adjacent to an activating group) is 1. The van der Waals surface area contributed by atoms with E-state index < -0.39 is 0 Å². The Balaban J connectivity index is 1.70. The normalized spacial score (nSPS) is 21.6. The molecule has 6 heteroatoms. The van der Waals surface area contributed by atoms with Gasteiger partial charge in [0.1, 0.15) is 0 Å². The molecule has 0 unspecified atom stereocenters. The summed E-state index contributed by atoms with van der Waals surface area (Å²) in [4.78, 5) is 16.2. The van der Waals surface area contributed by atoms with Gasteiger partial charge >= 0.3 is 0 Å². The first-order valence-electron chi connectivity index (χ1n) is 13.8. The number of hydrogen-bond donors (Lipinski definition) is 0. The number of benzene rings is 2. The van der Waals surface area contributed by atoms with Crippen molar-refractivity contribution in [2.75, 3.05) is 20.3 Å². The van der Waals surface area contributed by atoms with Crippen LogP contribution in [0.15, 0.2) is 47.5 Å². The molecule has 204 valence electrons. The van der Waals surface area contributed by atoms with Crippen LogP contribution in [0.3, 0.4) is 0 Å². The van der Waals surface area contributed by atoms with Crippen molar-refractivity contribution in [3.63, 3.8) is 0 Å². The maximum atomic E-state index is 13.9. The average molecular weight is 520 g/mol. The molecule has 2 aromatic rings. The number of nitrogens with zero attached hydrogens (tertiary/aromatic N) is 1. The molecule has 38 heavy (non-hydrogen) atoms. The molecule has 0 saturated carbocycles. The zero-order valence-corrected chi connectivity index (χ0v) is 23.7. The Hall–Kier alpha value is -3.25. The molecule has 2 aliphatic rings. The lowest BCUT2D eigenvalue weighted by Gasteiger charge is -2.34. The van der Waals surface area contributed by atoms with Crippen molar-refractivity contribution in [3.05, 3.63) is 58.7 Å². The monoisotopic (exact) mass is 519 g/mol. The van der Waals surface area contributed by atoms with E-state index in [0.29, 0.717) is 36.2 Å². The summed E-state index contributed by atoms with van der Waals surface area (Å²) in [5, 5.41) is 0. The van der Waals surface area contributed by atoms with Gasteiger partial charge in [0.05, 0.1) is 25.4 Å². The summed E-state index contributed by atoms with van der Waals surface area (Å²) in [7, 11) is 2.12. The Kier molecular flexibility index (Phi) is 8.83. The van der Waals surface area contributed by atoms with E-state index in [1.54, 1.807) is 0 Å². The van der Waals surface area contributed by atoms with Gasteiger partial charge in [-0.25, -0.2) is 0 Å². The molecule has 2 aliphatic heterocycles. The van der Waals surface area contributed by atoms with E-state index in [0.717, 1.165) is 35.1 Å². The fourth-order valence-electron chi connectivity index (χ4n) is 5.31. The second-order valence-electron chi connectivity index (χ2n) is 10.4. The van der Waals surface area contributed by atoms with Gasteiger partial charge < -0.3 is 18.9 Å². The third kappa shape index (κ3) is 6.07. The lowest BCUT2D eigenvalue weighted by atomic mass is 9.88. The fraction of sp³-hybridized carbons (Fsp3) is 0.469. The Morgan fingerprint density at radius 2 is 1.18 bits per heavy atom. The molecule has 2 saturated heterocycles. The number of carbonyl (C=O) groups is 1. The highest BCUT2D eigenvalue weighted by Gasteiger charge is 2.44. The predicted octanol–water partition coefficient (Wildman–Crippen LogP) is 6.57. The Labute approximate surface area is 227 Å². The van der Waals surface area contributed by atoms with Crippen LogP contribution in [-0.4, -0.2) is 55.2 Å². The van der Waals surface area contributed by atoms with Gasteiger partial charge in [0.25, 0.3) is 0 Å². The molecule has 2 heterocycles. The molecular weight excluding hydrogens is 478 g/mol. The number of carbonyl (C=O) groups excluding carboxylic acids is 1. The van der Waals surface area contributed by atoms with E-state index in [1.807, 2.05) is 90.1 Å². The maximum Gasteiger partial charge on any atom is 0.188 e. The van der Waals surface area contributed by atoms with Crippen molar-refractivity contribution < 1.29 is 23.7 Å². The number of Topliss-reactive ketones (excluding diaryl/α,β-unsaturated/α-hetero) is 1. The summed E-state index contributed by atoms with van der Waals surface area (Å²) in [5.41, 5.74) is 3.49. The van der Waals surface area contributed by atoms with Crippen LogP contribution in [0.1, 0.15) is 65.5 Å². The number of piperidine rings is 1. The standard InChI is InChI=1S/C32H41NO5/c1-8-35-30-18-22(10-14-28(30)37-20(3)4)16-24-26-12-13-27(33(26)7)25(32(24)34)17-23-11-15-29(38-21(5)6)31(19-23)36-9-2/h10-11,14-21,26-27H,8-9,12-13H2,1-7H3/b24-16+,25-17+/t26-,27-/m1/s1. The second-order valence-corrected chi connectivity index (χ2v) is 10.4. The molecule has 0 amide bonds. The Morgan fingerprint density at radius 3 is 1.55 bits per heavy atom. The zero-order valence-electron chi connectivity index (χ0n) is 23.7. The number of fused-ring (bicyclic) bond motifs is 2. The molecule has 2 aromatic carbocycles. The van der Waals surface area contributed by atoms with Crippen molar-refractivity contribution in [2.45, 2.75) is 78.7 Å². The average Bonchev–Trinajstić information content (AvgIpc) is 3.17. The summed E-state index contributed by atoms with van der Waals surface area (Å²) in [6.45, 7) is 13.0. The first kappa shape index (κ1) is 27.8. The van der Waals surface area contributed by atoms with E-state index in [2.05, 4.69) is 11.9 Å². The smallest absolute Gasteiger partial charge is 0.188 e. The van der Waals surface area contributed by atoms with Gasteiger partial charge in [-0.15, -0.1) is 0 Å². The van der Waals surface area contributed by atoms with Crippen LogP contribution in [-0.2, 0) is 4.79 Å². The minimum Gasteiger partial charge on any atom is -0.490 e. The van der Waals surface area contributed by atoms with Crippen LogP contribution < -0.4 is 18.9 Å². The summed E-state index contributed by atoms with van der Waals surface area (Å²) in [5.74, 6) is 2.93. The quantitative estimate of drug-likeness (QED) is 0.331. The van der Waals surface area contributed by atoms with E-state index in [-0.39, 0.29) is 30.1 Å². The molecule has 0 aromatic heterocycles. The van der Waals surface area contributed by atoms with Gasteiger partial charge in [-0.1, -0.05) is 12.1 Å². The van der Waals surface area contributed by atoms with Crippen molar-refractivity contribution in [2.24, 2.45) is 0 Å². The van der Waals surface area contributed by atoms with Crippen LogP contribution in [0.4, 0.5) is 0 Å². The highest BCUT2D eigenvalue weighted by Crippen LogP contribution is 2.41. The molecule has 2 fully saturated rings. The highest BCUT2D eigenvalue weighted by atomic mass is 16.5. The van der Waals surface area contributed by atoms with Gasteiger partial charge in [0.2, 0.25) is 0 Å². The molecule has 2 bridgehead atoms. The topological polar surface area (TPSA) is 57.2 Å². The summed E-state index contributed by atoms with van der Waals surface area (Å²) in [6, 6.07) is 12.0. The first-order chi connectivity index (χ1) is 18.2. The van der Waals surface area contributed by atoms with Crippen LogP contribution in [0.5, 0.6) is 23.0 Å². The zero-order chi connectivity index (χ0) is 27.4. The fourth-order valence-corrected chi connectivity index (χ4v) is 5.31. The van der Waals surface area contributed by atoms with Crippen molar-refractivity contribution in [3.8, 4) is 23.0 Å². The van der Waals surface area contributed by atoms with E-state index in [4.69, 9.17) is 18.9 Å². The van der Waals surface area contributed by atoms with Gasteiger partial charge in [0.15, 0.2) is 28.8 Å².